The van der Waals surface area contributed by atoms with E-state index in [-0.39, 0.29) is 6.61 Å². The van der Waals surface area contributed by atoms with Crippen molar-refractivity contribution in [3.8, 4) is 0 Å². The standard InChI is InChI=1S/C21H20N2O3/c1-4-15(6-5-14(2)26-13-21(24)25-3)16-7-8-17-18-12-22-10-9-19(18)23-20(17)11-16/h4-12,23H,2,13H2,1,3H3/b6-5-,15-4+. The fourth-order valence-corrected chi connectivity index (χ4v) is 2.73. The molecule has 0 saturated heterocycles. The number of aromatic nitrogens is 2. The predicted molar refractivity (Wildman–Crippen MR) is 103 cm³/mol. The molecule has 2 heterocycles. The maximum Gasteiger partial charge on any atom is 0.343 e. The molecular weight excluding hydrogens is 328 g/mol. The summed E-state index contributed by atoms with van der Waals surface area (Å²) in [6.07, 6.45) is 9.30. The molecule has 1 N–H and O–H groups in total. The Bertz CT molecular complexity index is 1030. The van der Waals surface area contributed by atoms with Gasteiger partial charge in [-0.2, -0.15) is 0 Å². The van der Waals surface area contributed by atoms with Crippen LogP contribution in [0, 0.1) is 0 Å². The third-order valence-corrected chi connectivity index (χ3v) is 4.10. The molecule has 0 spiro atoms. The molecule has 0 amide bonds. The van der Waals surface area contributed by atoms with Gasteiger partial charge in [0.2, 0.25) is 0 Å². The van der Waals surface area contributed by atoms with Crippen LogP contribution in [0.15, 0.2) is 67.2 Å². The van der Waals surface area contributed by atoms with E-state index in [9.17, 15) is 4.79 Å². The molecule has 5 nitrogen and oxygen atoms in total. The Morgan fingerprint density at radius 3 is 2.85 bits per heavy atom. The molecule has 0 saturated carbocycles. The van der Waals surface area contributed by atoms with Gasteiger partial charge in [-0.3, -0.25) is 4.98 Å². The topological polar surface area (TPSA) is 64.2 Å². The lowest BCUT2D eigenvalue weighted by Crippen LogP contribution is -2.08. The zero-order valence-corrected chi connectivity index (χ0v) is 14.8. The molecule has 26 heavy (non-hydrogen) atoms. The van der Waals surface area contributed by atoms with E-state index >= 15 is 0 Å². The van der Waals surface area contributed by atoms with Crippen LogP contribution < -0.4 is 0 Å². The van der Waals surface area contributed by atoms with Gasteiger partial charge in [0.25, 0.3) is 0 Å². The van der Waals surface area contributed by atoms with Crippen molar-refractivity contribution in [1.29, 1.82) is 0 Å². The molecule has 0 aliphatic rings. The van der Waals surface area contributed by atoms with Gasteiger partial charge in [0.05, 0.1) is 7.11 Å². The first-order chi connectivity index (χ1) is 12.6. The molecule has 3 aromatic rings. The van der Waals surface area contributed by atoms with Crippen molar-refractivity contribution in [3.05, 3.63) is 72.8 Å². The molecule has 1 aromatic carbocycles. The second-order valence-electron chi connectivity index (χ2n) is 5.72. The Morgan fingerprint density at radius 2 is 2.08 bits per heavy atom. The molecule has 0 radical (unpaired) electrons. The number of aromatic amines is 1. The van der Waals surface area contributed by atoms with Crippen molar-refractivity contribution in [3.63, 3.8) is 0 Å². The van der Waals surface area contributed by atoms with Crippen molar-refractivity contribution in [2.45, 2.75) is 6.92 Å². The van der Waals surface area contributed by atoms with Crippen molar-refractivity contribution in [2.75, 3.05) is 13.7 Å². The number of H-pyrrole nitrogens is 1. The number of nitrogens with zero attached hydrogens (tertiary/aromatic N) is 1. The zero-order chi connectivity index (χ0) is 18.5. The summed E-state index contributed by atoms with van der Waals surface area (Å²) in [6, 6.07) is 8.23. The number of benzene rings is 1. The van der Waals surface area contributed by atoms with Crippen LogP contribution in [0.4, 0.5) is 0 Å². The van der Waals surface area contributed by atoms with Crippen molar-refractivity contribution in [1.82, 2.24) is 9.97 Å². The minimum absolute atomic E-state index is 0.153. The average molecular weight is 348 g/mol. The zero-order valence-electron chi connectivity index (χ0n) is 14.8. The lowest BCUT2D eigenvalue weighted by Gasteiger charge is -2.05. The quantitative estimate of drug-likeness (QED) is 0.408. The second kappa shape index (κ2) is 7.70. The number of nitrogens with one attached hydrogen (secondary N) is 1. The first-order valence-electron chi connectivity index (χ1n) is 8.21. The molecule has 3 rings (SSSR count). The van der Waals surface area contributed by atoms with Crippen molar-refractivity contribution < 1.29 is 14.3 Å². The first-order valence-corrected chi connectivity index (χ1v) is 8.21. The van der Waals surface area contributed by atoms with Crippen LogP contribution in [0.3, 0.4) is 0 Å². The van der Waals surface area contributed by atoms with Gasteiger partial charge in [0.15, 0.2) is 6.61 Å². The first kappa shape index (κ1) is 17.5. The highest BCUT2D eigenvalue weighted by molar-refractivity contribution is 6.07. The van der Waals surface area contributed by atoms with E-state index in [1.807, 2.05) is 31.3 Å². The summed E-state index contributed by atoms with van der Waals surface area (Å²) in [5.74, 6) is -0.0444. The van der Waals surface area contributed by atoms with Gasteiger partial charge < -0.3 is 14.5 Å². The number of hydrogen-bond donors (Lipinski definition) is 1. The summed E-state index contributed by atoms with van der Waals surface area (Å²) in [4.78, 5) is 18.7. The van der Waals surface area contributed by atoms with Gasteiger partial charge >= 0.3 is 5.97 Å². The Hall–Kier alpha value is -3.34. The van der Waals surface area contributed by atoms with E-state index in [0.717, 1.165) is 32.9 Å². The van der Waals surface area contributed by atoms with Crippen LogP contribution in [0.2, 0.25) is 0 Å². The van der Waals surface area contributed by atoms with Gasteiger partial charge in [0, 0.05) is 34.2 Å². The Labute approximate surface area is 151 Å². The third kappa shape index (κ3) is 3.67. The molecular formula is C21H20N2O3. The SMILES string of the molecule is C=C(/C=C\C(=C/C)c1ccc2c(c1)[nH]c1ccncc12)OCC(=O)OC. The molecule has 5 heteroatoms. The van der Waals surface area contributed by atoms with Crippen LogP contribution in [0.25, 0.3) is 27.4 Å². The third-order valence-electron chi connectivity index (χ3n) is 4.10. The number of esters is 1. The van der Waals surface area contributed by atoms with Gasteiger partial charge in [0.1, 0.15) is 5.76 Å². The Balaban J connectivity index is 1.82. The van der Waals surface area contributed by atoms with Crippen LogP contribution >= 0.6 is 0 Å². The number of allylic oxidation sites excluding steroid dienone is 4. The van der Waals surface area contributed by atoms with Gasteiger partial charge in [-0.1, -0.05) is 30.9 Å². The summed E-state index contributed by atoms with van der Waals surface area (Å²) >= 11 is 0. The minimum Gasteiger partial charge on any atom is -0.483 e. The highest BCUT2D eigenvalue weighted by atomic mass is 16.6. The van der Waals surface area contributed by atoms with Crippen molar-refractivity contribution in [2.24, 2.45) is 0 Å². The molecule has 0 aliphatic heterocycles. The number of ether oxygens (including phenoxy) is 2. The van der Waals surface area contributed by atoms with E-state index < -0.39 is 5.97 Å². The molecule has 0 atom stereocenters. The number of pyridine rings is 1. The van der Waals surface area contributed by atoms with Crippen molar-refractivity contribution >= 4 is 33.3 Å². The minimum atomic E-state index is -0.440. The van der Waals surface area contributed by atoms with Gasteiger partial charge in [-0.25, -0.2) is 4.79 Å². The van der Waals surface area contributed by atoms with Crippen LogP contribution in [-0.2, 0) is 14.3 Å². The van der Waals surface area contributed by atoms with Crippen LogP contribution in [-0.4, -0.2) is 29.7 Å². The second-order valence-corrected chi connectivity index (χ2v) is 5.72. The molecule has 132 valence electrons. The van der Waals surface area contributed by atoms with E-state index in [2.05, 4.69) is 39.5 Å². The van der Waals surface area contributed by atoms with E-state index in [1.165, 1.54) is 7.11 Å². The predicted octanol–water partition coefficient (Wildman–Crippen LogP) is 4.38. The fourth-order valence-electron chi connectivity index (χ4n) is 2.73. The highest BCUT2D eigenvalue weighted by Crippen LogP contribution is 2.28. The number of rotatable bonds is 6. The Kier molecular flexibility index (Phi) is 5.17. The molecule has 0 bridgehead atoms. The van der Waals surface area contributed by atoms with Gasteiger partial charge in [-0.05, 0) is 36.3 Å². The number of fused-ring (bicyclic) bond motifs is 3. The largest absolute Gasteiger partial charge is 0.483 e. The van der Waals surface area contributed by atoms with Gasteiger partial charge in [-0.15, -0.1) is 0 Å². The number of carbonyl (C=O) groups is 1. The molecule has 0 unspecified atom stereocenters. The van der Waals surface area contributed by atoms with E-state index in [0.29, 0.717) is 5.76 Å². The summed E-state index contributed by atoms with van der Waals surface area (Å²) < 4.78 is 9.77. The highest BCUT2D eigenvalue weighted by Gasteiger charge is 2.06. The Morgan fingerprint density at radius 1 is 1.23 bits per heavy atom. The maximum atomic E-state index is 11.1. The lowest BCUT2D eigenvalue weighted by atomic mass is 10.0. The lowest BCUT2D eigenvalue weighted by molar-refractivity contribution is -0.144. The number of hydrogen-bond acceptors (Lipinski definition) is 4. The van der Waals surface area contributed by atoms with E-state index in [4.69, 9.17) is 4.74 Å². The number of methoxy groups -OCH3 is 1. The summed E-state index contributed by atoms with van der Waals surface area (Å²) in [5, 5.41) is 2.25. The van der Waals surface area contributed by atoms with Crippen LogP contribution in [0.5, 0.6) is 0 Å². The number of carbonyl (C=O) groups excluding carboxylic acids is 1. The fraction of sp³-hybridized carbons (Fsp3) is 0.143. The molecule has 2 aromatic heterocycles. The maximum absolute atomic E-state index is 11.1. The summed E-state index contributed by atoms with van der Waals surface area (Å²) in [6.45, 7) is 5.60. The average Bonchev–Trinajstić information content (AvgIpc) is 3.04. The monoisotopic (exact) mass is 348 g/mol. The van der Waals surface area contributed by atoms with Crippen LogP contribution in [0.1, 0.15) is 12.5 Å². The normalized spacial score (nSPS) is 12.0. The molecule has 0 fully saturated rings. The van der Waals surface area contributed by atoms with E-state index in [1.54, 1.807) is 12.3 Å². The summed E-state index contributed by atoms with van der Waals surface area (Å²) in [5.41, 5.74) is 4.20. The smallest absolute Gasteiger partial charge is 0.343 e. The summed E-state index contributed by atoms with van der Waals surface area (Å²) in [7, 11) is 1.32. The molecule has 0 aliphatic carbocycles.